The molecule has 3 nitrogen and oxygen atoms in total. The minimum Gasteiger partial charge on any atom is -0.497 e. The summed E-state index contributed by atoms with van der Waals surface area (Å²) in [6.45, 7) is 0.991. The molecule has 112 valence electrons. The van der Waals surface area contributed by atoms with Crippen LogP contribution < -0.4 is 10.1 Å². The maximum absolute atomic E-state index is 5.34. The number of nitrogens with one attached hydrogen (secondary N) is 1. The fourth-order valence-corrected chi connectivity index (χ4v) is 3.73. The summed E-state index contributed by atoms with van der Waals surface area (Å²) in [6, 6.07) is 9.45. The van der Waals surface area contributed by atoms with Gasteiger partial charge in [0.2, 0.25) is 0 Å². The van der Waals surface area contributed by atoms with Crippen LogP contribution in [0.5, 0.6) is 5.75 Å². The van der Waals surface area contributed by atoms with Crippen molar-refractivity contribution in [1.82, 2.24) is 10.2 Å². The smallest absolute Gasteiger partial charge is 0.119 e. The number of methoxy groups -OCH3 is 1. The van der Waals surface area contributed by atoms with Crippen molar-refractivity contribution >= 4 is 11.8 Å². The Balaban J connectivity index is 1.98. The van der Waals surface area contributed by atoms with Gasteiger partial charge in [0.25, 0.3) is 0 Å². The van der Waals surface area contributed by atoms with E-state index >= 15 is 0 Å². The number of hydrogen-bond donors (Lipinski definition) is 1. The zero-order chi connectivity index (χ0) is 14.4. The van der Waals surface area contributed by atoms with E-state index < -0.39 is 0 Å². The Morgan fingerprint density at radius 1 is 1.45 bits per heavy atom. The third kappa shape index (κ3) is 4.40. The Labute approximate surface area is 127 Å². The van der Waals surface area contributed by atoms with Gasteiger partial charge < -0.3 is 15.0 Å². The SMILES string of the molecule is COc1cccc(C(CNC2CCCSC2)N(C)C)c1. The zero-order valence-corrected chi connectivity index (χ0v) is 13.6. The first-order chi connectivity index (χ1) is 9.70. The van der Waals surface area contributed by atoms with Gasteiger partial charge in [-0.2, -0.15) is 11.8 Å². The van der Waals surface area contributed by atoms with Gasteiger partial charge in [0.1, 0.15) is 5.75 Å². The Morgan fingerprint density at radius 2 is 2.30 bits per heavy atom. The van der Waals surface area contributed by atoms with E-state index in [1.54, 1.807) is 7.11 Å². The molecule has 0 aliphatic carbocycles. The van der Waals surface area contributed by atoms with Crippen molar-refractivity contribution in [2.75, 3.05) is 39.3 Å². The molecule has 1 fully saturated rings. The average molecular weight is 294 g/mol. The predicted octanol–water partition coefficient (Wildman–Crippen LogP) is 2.78. The molecule has 2 rings (SSSR count). The number of nitrogens with zero attached hydrogens (tertiary/aromatic N) is 1. The molecule has 1 N–H and O–H groups in total. The van der Waals surface area contributed by atoms with Crippen molar-refractivity contribution in [1.29, 1.82) is 0 Å². The molecule has 1 aromatic carbocycles. The molecule has 1 aliphatic rings. The molecule has 4 heteroatoms. The number of hydrogen-bond acceptors (Lipinski definition) is 4. The summed E-state index contributed by atoms with van der Waals surface area (Å²) in [5.41, 5.74) is 1.31. The van der Waals surface area contributed by atoms with Crippen molar-refractivity contribution < 1.29 is 4.74 Å². The zero-order valence-electron chi connectivity index (χ0n) is 12.8. The van der Waals surface area contributed by atoms with E-state index in [0.717, 1.165) is 12.3 Å². The molecule has 1 aliphatic heterocycles. The molecule has 0 bridgehead atoms. The molecule has 0 saturated carbocycles. The van der Waals surface area contributed by atoms with Crippen LogP contribution in [0.25, 0.3) is 0 Å². The predicted molar refractivity (Wildman–Crippen MR) is 87.8 cm³/mol. The number of ether oxygens (including phenoxy) is 1. The van der Waals surface area contributed by atoms with Crippen molar-refractivity contribution in [2.45, 2.75) is 24.9 Å². The summed E-state index contributed by atoms with van der Waals surface area (Å²) in [6.07, 6.45) is 2.65. The first-order valence-electron chi connectivity index (χ1n) is 7.32. The van der Waals surface area contributed by atoms with Crippen LogP contribution in [0.2, 0.25) is 0 Å². The number of benzene rings is 1. The maximum Gasteiger partial charge on any atom is 0.119 e. The molecule has 1 aromatic rings. The minimum atomic E-state index is 0.386. The molecule has 0 amide bonds. The van der Waals surface area contributed by atoms with Crippen LogP contribution in [0, 0.1) is 0 Å². The molecule has 1 heterocycles. The number of thioether (sulfide) groups is 1. The van der Waals surface area contributed by atoms with Crippen LogP contribution in [0.15, 0.2) is 24.3 Å². The van der Waals surface area contributed by atoms with Crippen LogP contribution in [-0.2, 0) is 0 Å². The number of rotatable bonds is 6. The maximum atomic E-state index is 5.34. The lowest BCUT2D eigenvalue weighted by atomic mass is 10.0. The lowest BCUT2D eigenvalue weighted by molar-refractivity contribution is 0.278. The summed E-state index contributed by atoms with van der Waals surface area (Å²) in [5, 5.41) is 3.74. The molecule has 20 heavy (non-hydrogen) atoms. The van der Waals surface area contributed by atoms with Crippen LogP contribution >= 0.6 is 11.8 Å². The Morgan fingerprint density at radius 3 is 2.95 bits per heavy atom. The molecule has 0 spiro atoms. The van der Waals surface area contributed by atoms with Gasteiger partial charge in [-0.1, -0.05) is 12.1 Å². The fraction of sp³-hybridized carbons (Fsp3) is 0.625. The number of likely N-dealkylation sites (N-methyl/N-ethyl adjacent to an activating group) is 1. The van der Waals surface area contributed by atoms with Crippen LogP contribution in [0.3, 0.4) is 0 Å². The van der Waals surface area contributed by atoms with E-state index in [9.17, 15) is 0 Å². The van der Waals surface area contributed by atoms with Crippen molar-refractivity contribution in [2.24, 2.45) is 0 Å². The summed E-state index contributed by atoms with van der Waals surface area (Å²) < 4.78 is 5.34. The van der Waals surface area contributed by atoms with E-state index in [-0.39, 0.29) is 0 Å². The molecule has 2 atom stereocenters. The quantitative estimate of drug-likeness (QED) is 0.872. The molecular formula is C16H26N2OS. The molecule has 1 saturated heterocycles. The molecule has 0 aromatic heterocycles. The van der Waals surface area contributed by atoms with Gasteiger partial charge in [0.15, 0.2) is 0 Å². The Bertz CT molecular complexity index is 405. The van der Waals surface area contributed by atoms with Gasteiger partial charge in [-0.3, -0.25) is 0 Å². The van der Waals surface area contributed by atoms with E-state index in [4.69, 9.17) is 4.74 Å². The van der Waals surface area contributed by atoms with Gasteiger partial charge in [-0.15, -0.1) is 0 Å². The third-order valence-electron chi connectivity index (χ3n) is 3.86. The Kier molecular flexibility index (Phi) is 6.20. The molecule has 2 unspecified atom stereocenters. The third-order valence-corrected chi connectivity index (χ3v) is 5.08. The highest BCUT2D eigenvalue weighted by Crippen LogP contribution is 2.23. The second-order valence-electron chi connectivity index (χ2n) is 5.58. The molecular weight excluding hydrogens is 268 g/mol. The highest BCUT2D eigenvalue weighted by molar-refractivity contribution is 7.99. The minimum absolute atomic E-state index is 0.386. The van der Waals surface area contributed by atoms with Crippen LogP contribution in [0.4, 0.5) is 0 Å². The van der Waals surface area contributed by atoms with E-state index in [2.05, 4.69) is 54.3 Å². The summed E-state index contributed by atoms with van der Waals surface area (Å²) in [5.74, 6) is 3.51. The van der Waals surface area contributed by atoms with Crippen LogP contribution in [-0.4, -0.2) is 50.2 Å². The van der Waals surface area contributed by atoms with Crippen LogP contribution in [0.1, 0.15) is 24.4 Å². The summed E-state index contributed by atoms with van der Waals surface area (Å²) in [7, 11) is 6.00. The highest BCUT2D eigenvalue weighted by Gasteiger charge is 2.18. The lowest BCUT2D eigenvalue weighted by Crippen LogP contribution is -2.39. The second kappa shape index (κ2) is 7.91. The normalized spacial score (nSPS) is 20.9. The van der Waals surface area contributed by atoms with Gasteiger partial charge in [-0.05, 0) is 50.4 Å². The largest absolute Gasteiger partial charge is 0.497 e. The van der Waals surface area contributed by atoms with Crippen molar-refractivity contribution in [3.05, 3.63) is 29.8 Å². The summed E-state index contributed by atoms with van der Waals surface area (Å²) in [4.78, 5) is 2.28. The van der Waals surface area contributed by atoms with Gasteiger partial charge in [0.05, 0.1) is 7.11 Å². The average Bonchev–Trinajstić information content (AvgIpc) is 2.48. The molecule has 0 radical (unpaired) electrons. The topological polar surface area (TPSA) is 24.5 Å². The lowest BCUT2D eigenvalue weighted by Gasteiger charge is -2.29. The van der Waals surface area contributed by atoms with Gasteiger partial charge in [-0.25, -0.2) is 0 Å². The first kappa shape index (κ1) is 15.7. The second-order valence-corrected chi connectivity index (χ2v) is 6.73. The van der Waals surface area contributed by atoms with Crippen molar-refractivity contribution in [3.8, 4) is 5.75 Å². The first-order valence-corrected chi connectivity index (χ1v) is 8.47. The van der Waals surface area contributed by atoms with E-state index in [0.29, 0.717) is 12.1 Å². The van der Waals surface area contributed by atoms with Gasteiger partial charge in [0, 0.05) is 24.4 Å². The monoisotopic (exact) mass is 294 g/mol. The highest BCUT2D eigenvalue weighted by atomic mass is 32.2. The van der Waals surface area contributed by atoms with Gasteiger partial charge >= 0.3 is 0 Å². The summed E-state index contributed by atoms with van der Waals surface area (Å²) >= 11 is 2.07. The fourth-order valence-electron chi connectivity index (χ4n) is 2.63. The Hall–Kier alpha value is -0.710. The standard InChI is InChI=1S/C16H26N2OS/c1-18(2)16(11-17-14-7-5-9-20-12-14)13-6-4-8-15(10-13)19-3/h4,6,8,10,14,16-17H,5,7,9,11-12H2,1-3H3. The van der Waals surface area contributed by atoms with Crippen molar-refractivity contribution in [3.63, 3.8) is 0 Å². The van der Waals surface area contributed by atoms with E-state index in [1.165, 1.54) is 29.9 Å². The van der Waals surface area contributed by atoms with E-state index in [1.807, 2.05) is 6.07 Å².